The van der Waals surface area contributed by atoms with Crippen molar-refractivity contribution < 1.29 is 23.4 Å². The van der Waals surface area contributed by atoms with E-state index in [9.17, 15) is 18.6 Å². The highest BCUT2D eigenvalue weighted by molar-refractivity contribution is 7.89. The first-order valence-electron chi connectivity index (χ1n) is 10.6. The van der Waals surface area contributed by atoms with Gasteiger partial charge in [-0.05, 0) is 61.1 Å². The van der Waals surface area contributed by atoms with Gasteiger partial charge in [0.15, 0.2) is 0 Å². The first-order valence-corrected chi connectivity index (χ1v) is 12.2. The van der Waals surface area contributed by atoms with Gasteiger partial charge in [-0.2, -0.15) is 0 Å². The number of rotatable bonds is 5. The number of piperidine rings is 1. The number of aliphatic hydroxyl groups is 2. The standard InChI is InChI=1S/C22H33NO5S.ClH/c1-20(2)16-7-8-21(20,19(24)14-16)15-29(26,27)23-11-9-22(25,10-12-23)17-5-4-6-18(13-17)28-3;/h4-6,13,16,19,24-25H,7-12,14-15H2,1-3H3;1H/t16-,19?,21-;/m0./s1. The Balaban J connectivity index is 0.00000256. The minimum Gasteiger partial charge on any atom is -0.497 e. The molecule has 0 amide bonds. The van der Waals surface area contributed by atoms with Crippen molar-refractivity contribution in [2.75, 3.05) is 26.0 Å². The van der Waals surface area contributed by atoms with Crippen LogP contribution in [0.25, 0.3) is 0 Å². The Morgan fingerprint density at radius 3 is 2.40 bits per heavy atom. The summed E-state index contributed by atoms with van der Waals surface area (Å²) < 4.78 is 33.4. The Labute approximate surface area is 186 Å². The lowest BCUT2D eigenvalue weighted by Gasteiger charge is -2.43. The molecular weight excluding hydrogens is 426 g/mol. The Hall–Kier alpha value is -0.860. The number of fused-ring (bicyclic) bond motifs is 2. The van der Waals surface area contributed by atoms with Crippen molar-refractivity contribution in [3.8, 4) is 5.75 Å². The number of ether oxygens (including phenoxy) is 1. The van der Waals surface area contributed by atoms with E-state index >= 15 is 0 Å². The number of hydrogen-bond acceptors (Lipinski definition) is 5. The molecule has 1 aromatic rings. The lowest BCUT2D eigenvalue weighted by Crippen LogP contribution is -2.51. The molecule has 0 radical (unpaired) electrons. The van der Waals surface area contributed by atoms with Crippen molar-refractivity contribution in [1.82, 2.24) is 4.31 Å². The van der Waals surface area contributed by atoms with E-state index in [0.29, 0.717) is 30.9 Å². The van der Waals surface area contributed by atoms with E-state index in [1.807, 2.05) is 24.3 Å². The van der Waals surface area contributed by atoms with Crippen LogP contribution in [0, 0.1) is 16.7 Å². The number of sulfonamides is 1. The third kappa shape index (κ3) is 3.56. The molecular formula is C22H34ClNO5S. The molecule has 170 valence electrons. The largest absolute Gasteiger partial charge is 0.497 e. The molecule has 2 aliphatic carbocycles. The lowest BCUT2D eigenvalue weighted by molar-refractivity contribution is -0.0115. The van der Waals surface area contributed by atoms with Crippen LogP contribution in [-0.2, 0) is 15.6 Å². The molecule has 1 saturated heterocycles. The molecule has 6 nitrogen and oxygen atoms in total. The van der Waals surface area contributed by atoms with Gasteiger partial charge in [0.1, 0.15) is 5.75 Å². The van der Waals surface area contributed by atoms with E-state index in [4.69, 9.17) is 4.74 Å². The third-order valence-corrected chi connectivity index (χ3v) is 10.4. The van der Waals surface area contributed by atoms with Crippen molar-refractivity contribution in [3.05, 3.63) is 29.8 Å². The Kier molecular flexibility index (Phi) is 6.29. The zero-order chi connectivity index (χ0) is 21.1. The maximum Gasteiger partial charge on any atom is 0.214 e. The molecule has 2 saturated carbocycles. The van der Waals surface area contributed by atoms with Crippen LogP contribution in [0.15, 0.2) is 24.3 Å². The third-order valence-electron chi connectivity index (χ3n) is 8.38. The Morgan fingerprint density at radius 2 is 1.87 bits per heavy atom. The fourth-order valence-corrected chi connectivity index (χ4v) is 8.41. The van der Waals surface area contributed by atoms with Gasteiger partial charge in [-0.1, -0.05) is 26.0 Å². The van der Waals surface area contributed by atoms with Crippen LogP contribution < -0.4 is 4.74 Å². The summed E-state index contributed by atoms with van der Waals surface area (Å²) >= 11 is 0. The molecule has 3 aliphatic rings. The molecule has 3 atom stereocenters. The number of hydrogen-bond donors (Lipinski definition) is 2. The molecule has 2 bridgehead atoms. The number of benzene rings is 1. The average Bonchev–Trinajstić information content (AvgIpc) is 3.02. The average molecular weight is 460 g/mol. The van der Waals surface area contributed by atoms with Crippen molar-refractivity contribution in [2.45, 2.75) is 57.7 Å². The number of halogens is 1. The van der Waals surface area contributed by atoms with Crippen LogP contribution in [0.1, 0.15) is 51.5 Å². The fourth-order valence-electron chi connectivity index (χ4n) is 6.13. The van der Waals surface area contributed by atoms with Crippen LogP contribution in [-0.4, -0.2) is 55.0 Å². The van der Waals surface area contributed by atoms with Crippen molar-refractivity contribution in [2.24, 2.45) is 16.7 Å². The normalized spacial score (nSPS) is 32.6. The van der Waals surface area contributed by atoms with E-state index in [2.05, 4.69) is 13.8 Å². The van der Waals surface area contributed by atoms with Crippen LogP contribution in [0.3, 0.4) is 0 Å². The molecule has 30 heavy (non-hydrogen) atoms. The maximum atomic E-state index is 13.3. The van der Waals surface area contributed by atoms with Gasteiger partial charge in [-0.25, -0.2) is 12.7 Å². The zero-order valence-corrected chi connectivity index (χ0v) is 19.6. The molecule has 3 fully saturated rings. The lowest BCUT2D eigenvalue weighted by atomic mass is 9.70. The van der Waals surface area contributed by atoms with Crippen LogP contribution in [0.5, 0.6) is 5.75 Å². The zero-order valence-electron chi connectivity index (χ0n) is 18.0. The smallest absolute Gasteiger partial charge is 0.214 e. The summed E-state index contributed by atoms with van der Waals surface area (Å²) in [5, 5.41) is 21.9. The SMILES string of the molecule is COc1cccc(C2(O)CCN(S(=O)(=O)C[C@@]34CC[C@@H](CC3O)C4(C)C)CC2)c1.Cl. The summed E-state index contributed by atoms with van der Waals surface area (Å²) in [6, 6.07) is 7.35. The van der Waals surface area contributed by atoms with E-state index < -0.39 is 27.1 Å². The Bertz CT molecular complexity index is 881. The predicted molar refractivity (Wildman–Crippen MR) is 118 cm³/mol. The highest BCUT2D eigenvalue weighted by atomic mass is 35.5. The Morgan fingerprint density at radius 1 is 1.20 bits per heavy atom. The summed E-state index contributed by atoms with van der Waals surface area (Å²) in [7, 11) is -1.93. The van der Waals surface area contributed by atoms with E-state index in [0.717, 1.165) is 18.4 Å². The van der Waals surface area contributed by atoms with Gasteiger partial charge in [-0.3, -0.25) is 0 Å². The molecule has 8 heteroatoms. The highest BCUT2D eigenvalue weighted by Crippen LogP contribution is 2.66. The monoisotopic (exact) mass is 459 g/mol. The highest BCUT2D eigenvalue weighted by Gasteiger charge is 2.65. The molecule has 2 N–H and O–H groups in total. The molecule has 1 aliphatic heterocycles. The molecule has 0 spiro atoms. The van der Waals surface area contributed by atoms with Gasteiger partial charge >= 0.3 is 0 Å². The minimum atomic E-state index is -3.52. The number of methoxy groups -OCH3 is 1. The van der Waals surface area contributed by atoms with Gasteiger partial charge < -0.3 is 14.9 Å². The topological polar surface area (TPSA) is 87.1 Å². The van der Waals surface area contributed by atoms with Gasteiger partial charge in [0, 0.05) is 18.5 Å². The second kappa shape index (κ2) is 7.93. The minimum absolute atomic E-state index is 0. The first kappa shape index (κ1) is 23.8. The summed E-state index contributed by atoms with van der Waals surface area (Å²) in [6.07, 6.45) is 2.62. The first-order chi connectivity index (χ1) is 13.5. The molecule has 1 aromatic carbocycles. The van der Waals surface area contributed by atoms with Crippen LogP contribution in [0.2, 0.25) is 0 Å². The van der Waals surface area contributed by atoms with Gasteiger partial charge in [-0.15, -0.1) is 12.4 Å². The number of aliphatic hydroxyl groups excluding tert-OH is 1. The quantitative estimate of drug-likeness (QED) is 0.706. The van der Waals surface area contributed by atoms with E-state index in [-0.39, 0.29) is 36.7 Å². The summed E-state index contributed by atoms with van der Waals surface area (Å²) in [4.78, 5) is 0. The summed E-state index contributed by atoms with van der Waals surface area (Å²) in [5.74, 6) is 1.08. The van der Waals surface area contributed by atoms with Crippen molar-refractivity contribution >= 4 is 22.4 Å². The maximum absolute atomic E-state index is 13.3. The van der Waals surface area contributed by atoms with Crippen molar-refractivity contribution in [3.63, 3.8) is 0 Å². The predicted octanol–water partition coefficient (Wildman–Crippen LogP) is 2.92. The van der Waals surface area contributed by atoms with Crippen LogP contribution in [0.4, 0.5) is 0 Å². The second-order valence-electron chi connectivity index (χ2n) is 9.78. The van der Waals surface area contributed by atoms with Gasteiger partial charge in [0.05, 0.1) is 24.6 Å². The summed E-state index contributed by atoms with van der Waals surface area (Å²) in [5.41, 5.74) is -1.02. The molecule has 4 rings (SSSR count). The molecule has 1 unspecified atom stereocenters. The van der Waals surface area contributed by atoms with Gasteiger partial charge in [0.2, 0.25) is 10.0 Å². The summed E-state index contributed by atoms with van der Waals surface area (Å²) in [6.45, 7) is 4.81. The molecule has 0 aromatic heterocycles. The van der Waals surface area contributed by atoms with Gasteiger partial charge in [0.25, 0.3) is 0 Å². The fraction of sp³-hybridized carbons (Fsp3) is 0.727. The molecule has 1 heterocycles. The number of nitrogens with zero attached hydrogens (tertiary/aromatic N) is 1. The van der Waals surface area contributed by atoms with E-state index in [1.165, 1.54) is 4.31 Å². The van der Waals surface area contributed by atoms with Crippen molar-refractivity contribution in [1.29, 1.82) is 0 Å². The van der Waals surface area contributed by atoms with Crippen LogP contribution >= 0.6 is 12.4 Å². The second-order valence-corrected chi connectivity index (χ2v) is 11.8. The van der Waals surface area contributed by atoms with E-state index in [1.54, 1.807) is 7.11 Å².